The fourth-order valence-corrected chi connectivity index (χ4v) is 4.28. The Balaban J connectivity index is 1.48. The molecule has 5 rings (SSSR count). The van der Waals surface area contributed by atoms with Gasteiger partial charge in [-0.15, -0.1) is 0 Å². The van der Waals surface area contributed by atoms with E-state index < -0.39 is 17.3 Å². The second-order valence-corrected chi connectivity index (χ2v) is 7.84. The number of amides is 2. The Morgan fingerprint density at radius 2 is 2.00 bits per heavy atom. The first-order valence-corrected chi connectivity index (χ1v) is 9.84. The molecule has 4 heterocycles. The number of nitrogens with one attached hydrogen (secondary N) is 1. The molecule has 9 heteroatoms. The summed E-state index contributed by atoms with van der Waals surface area (Å²) >= 11 is 0. The monoisotopic (exact) mass is 411 g/mol. The van der Waals surface area contributed by atoms with Crippen LogP contribution in [-0.2, 0) is 4.74 Å². The van der Waals surface area contributed by atoms with Crippen LogP contribution in [0.15, 0.2) is 35.3 Å². The SMILES string of the molecule is Cc1ccn(-c2ccc3c(c2)OCO3)c(=O)c1C(=O)N1CCCC2(CNC(=O)O2)C1. The fourth-order valence-electron chi connectivity index (χ4n) is 4.28. The van der Waals surface area contributed by atoms with Crippen LogP contribution < -0.4 is 20.3 Å². The Morgan fingerprint density at radius 1 is 1.17 bits per heavy atom. The van der Waals surface area contributed by atoms with Gasteiger partial charge in [0.1, 0.15) is 11.2 Å². The molecule has 1 aromatic heterocycles. The maximum Gasteiger partial charge on any atom is 0.407 e. The van der Waals surface area contributed by atoms with Gasteiger partial charge in [-0.2, -0.15) is 0 Å². The average molecular weight is 411 g/mol. The van der Waals surface area contributed by atoms with Gasteiger partial charge in [0.2, 0.25) is 6.79 Å². The van der Waals surface area contributed by atoms with Gasteiger partial charge in [-0.05, 0) is 43.5 Å². The molecule has 0 aliphatic carbocycles. The summed E-state index contributed by atoms with van der Waals surface area (Å²) in [5.74, 6) is 0.824. The lowest BCUT2D eigenvalue weighted by Gasteiger charge is -2.38. The number of aryl methyl sites for hydroxylation is 1. The van der Waals surface area contributed by atoms with Crippen LogP contribution in [0, 0.1) is 6.92 Å². The van der Waals surface area contributed by atoms with Gasteiger partial charge >= 0.3 is 6.09 Å². The van der Waals surface area contributed by atoms with E-state index in [2.05, 4.69) is 5.32 Å². The van der Waals surface area contributed by atoms with Crippen molar-refractivity contribution in [1.29, 1.82) is 0 Å². The van der Waals surface area contributed by atoms with Gasteiger partial charge in [0, 0.05) is 18.8 Å². The number of ether oxygens (including phenoxy) is 3. The third-order valence-electron chi connectivity index (χ3n) is 5.84. The maximum absolute atomic E-state index is 13.3. The number of carbonyl (C=O) groups excluding carboxylic acids is 2. The Morgan fingerprint density at radius 3 is 2.80 bits per heavy atom. The molecule has 2 saturated heterocycles. The normalized spacial score (nSPS) is 22.2. The highest BCUT2D eigenvalue weighted by Gasteiger charge is 2.45. The number of alkyl carbamates (subject to hydrolysis) is 1. The summed E-state index contributed by atoms with van der Waals surface area (Å²) in [6.07, 6.45) is 2.56. The van der Waals surface area contributed by atoms with Gasteiger partial charge in [0.05, 0.1) is 18.8 Å². The fraction of sp³-hybridized carbons (Fsp3) is 0.381. The van der Waals surface area contributed by atoms with Crippen molar-refractivity contribution in [1.82, 2.24) is 14.8 Å². The van der Waals surface area contributed by atoms with E-state index in [4.69, 9.17) is 14.2 Å². The summed E-state index contributed by atoms with van der Waals surface area (Å²) in [4.78, 5) is 39.8. The molecular weight excluding hydrogens is 390 g/mol. The highest BCUT2D eigenvalue weighted by molar-refractivity contribution is 5.95. The first-order chi connectivity index (χ1) is 14.5. The van der Waals surface area contributed by atoms with Crippen molar-refractivity contribution in [3.63, 3.8) is 0 Å². The van der Waals surface area contributed by atoms with E-state index in [0.29, 0.717) is 48.7 Å². The van der Waals surface area contributed by atoms with Crippen molar-refractivity contribution in [3.05, 3.63) is 51.9 Å². The molecule has 0 radical (unpaired) electrons. The average Bonchev–Trinajstić information content (AvgIpc) is 3.34. The number of fused-ring (bicyclic) bond motifs is 1. The third kappa shape index (κ3) is 2.97. The summed E-state index contributed by atoms with van der Waals surface area (Å²) in [5.41, 5.74) is 0.180. The van der Waals surface area contributed by atoms with Crippen LogP contribution in [-0.4, -0.2) is 53.5 Å². The minimum Gasteiger partial charge on any atom is -0.454 e. The van der Waals surface area contributed by atoms with Crippen molar-refractivity contribution < 1.29 is 23.8 Å². The van der Waals surface area contributed by atoms with Crippen molar-refractivity contribution in [2.45, 2.75) is 25.4 Å². The van der Waals surface area contributed by atoms with E-state index in [1.807, 2.05) is 0 Å². The van der Waals surface area contributed by atoms with Crippen molar-refractivity contribution in [3.8, 4) is 17.2 Å². The Hall–Kier alpha value is -3.49. The number of aromatic nitrogens is 1. The van der Waals surface area contributed by atoms with Gasteiger partial charge in [0.25, 0.3) is 11.5 Å². The van der Waals surface area contributed by atoms with Crippen LogP contribution in [0.25, 0.3) is 5.69 Å². The Bertz CT molecular complexity index is 1110. The topological polar surface area (TPSA) is 99.1 Å². The predicted molar refractivity (Wildman–Crippen MR) is 105 cm³/mol. The van der Waals surface area contributed by atoms with Crippen LogP contribution in [0.2, 0.25) is 0 Å². The van der Waals surface area contributed by atoms with Gasteiger partial charge in [-0.25, -0.2) is 4.79 Å². The molecule has 30 heavy (non-hydrogen) atoms. The molecule has 1 spiro atoms. The highest BCUT2D eigenvalue weighted by Crippen LogP contribution is 2.33. The molecule has 0 saturated carbocycles. The summed E-state index contributed by atoms with van der Waals surface area (Å²) < 4.78 is 17.6. The number of pyridine rings is 1. The van der Waals surface area contributed by atoms with Crippen LogP contribution >= 0.6 is 0 Å². The van der Waals surface area contributed by atoms with E-state index in [1.54, 1.807) is 42.3 Å². The van der Waals surface area contributed by atoms with E-state index in [-0.39, 0.29) is 24.8 Å². The van der Waals surface area contributed by atoms with Gasteiger partial charge < -0.3 is 24.4 Å². The van der Waals surface area contributed by atoms with E-state index >= 15 is 0 Å². The lowest BCUT2D eigenvalue weighted by Crippen LogP contribution is -2.53. The molecule has 0 bridgehead atoms. The molecule has 3 aliphatic heterocycles. The van der Waals surface area contributed by atoms with E-state index in [1.165, 1.54) is 4.57 Å². The molecule has 2 aromatic rings. The van der Waals surface area contributed by atoms with Crippen LogP contribution in [0.3, 0.4) is 0 Å². The molecular formula is C21H21N3O6. The first kappa shape index (κ1) is 18.5. The van der Waals surface area contributed by atoms with Crippen LogP contribution in [0.4, 0.5) is 4.79 Å². The number of benzene rings is 1. The van der Waals surface area contributed by atoms with E-state index in [9.17, 15) is 14.4 Å². The predicted octanol–water partition coefficient (Wildman–Crippen LogP) is 1.59. The molecule has 9 nitrogen and oxygen atoms in total. The first-order valence-electron chi connectivity index (χ1n) is 9.84. The molecule has 1 aromatic carbocycles. The van der Waals surface area contributed by atoms with Gasteiger partial charge in [0.15, 0.2) is 11.5 Å². The number of hydrogen-bond donors (Lipinski definition) is 1. The zero-order chi connectivity index (χ0) is 20.9. The third-order valence-corrected chi connectivity index (χ3v) is 5.84. The lowest BCUT2D eigenvalue weighted by molar-refractivity contribution is -0.00514. The minimum atomic E-state index is -0.718. The maximum atomic E-state index is 13.3. The lowest BCUT2D eigenvalue weighted by atomic mass is 9.92. The Kier molecular flexibility index (Phi) is 4.19. The van der Waals surface area contributed by atoms with E-state index in [0.717, 1.165) is 0 Å². The number of rotatable bonds is 2. The van der Waals surface area contributed by atoms with Crippen LogP contribution in [0.1, 0.15) is 28.8 Å². The number of likely N-dealkylation sites (tertiary alicyclic amines) is 1. The van der Waals surface area contributed by atoms with Crippen molar-refractivity contribution in [2.75, 3.05) is 26.4 Å². The van der Waals surface area contributed by atoms with Crippen molar-refractivity contribution >= 4 is 12.0 Å². The minimum absolute atomic E-state index is 0.115. The quantitative estimate of drug-likeness (QED) is 0.806. The molecule has 1 N–H and O–H groups in total. The highest BCUT2D eigenvalue weighted by atomic mass is 16.7. The van der Waals surface area contributed by atoms with Gasteiger partial charge in [-0.1, -0.05) is 0 Å². The Labute approximate surface area is 172 Å². The van der Waals surface area contributed by atoms with Gasteiger partial charge in [-0.3, -0.25) is 14.2 Å². The molecule has 2 amide bonds. The molecule has 1 unspecified atom stereocenters. The summed E-state index contributed by atoms with van der Waals surface area (Å²) in [6.45, 7) is 3.03. The summed E-state index contributed by atoms with van der Waals surface area (Å²) in [6, 6.07) is 6.95. The number of hydrogen-bond acceptors (Lipinski definition) is 6. The summed E-state index contributed by atoms with van der Waals surface area (Å²) in [5, 5.41) is 2.67. The second kappa shape index (κ2) is 6.79. The smallest absolute Gasteiger partial charge is 0.407 e. The number of piperidine rings is 1. The number of nitrogens with zero attached hydrogens (tertiary/aromatic N) is 2. The zero-order valence-electron chi connectivity index (χ0n) is 16.5. The van der Waals surface area contributed by atoms with Crippen LogP contribution in [0.5, 0.6) is 11.5 Å². The second-order valence-electron chi connectivity index (χ2n) is 7.84. The molecule has 3 aliphatic rings. The summed E-state index contributed by atoms with van der Waals surface area (Å²) in [7, 11) is 0. The molecule has 2 fully saturated rings. The standard InChI is InChI=1S/C21H21N3O6/c1-13-5-8-24(14-3-4-15-16(9-14)29-12-28-15)19(26)17(13)18(25)23-7-2-6-21(11-23)10-22-20(27)30-21/h3-5,8-9H,2,6-7,10-12H2,1H3,(H,22,27). The van der Waals surface area contributed by atoms with Crippen molar-refractivity contribution in [2.24, 2.45) is 0 Å². The zero-order valence-corrected chi connectivity index (χ0v) is 16.5. The molecule has 156 valence electrons. The number of carbonyl (C=O) groups is 2. The molecule has 1 atom stereocenters. The largest absolute Gasteiger partial charge is 0.454 e.